The molecule has 0 aliphatic carbocycles. The third-order valence-electron chi connectivity index (χ3n) is 6.62. The molecule has 2 aromatic rings. The molecule has 0 aliphatic rings. The number of amides is 3. The van der Waals surface area contributed by atoms with Crippen molar-refractivity contribution in [1.29, 1.82) is 0 Å². The van der Waals surface area contributed by atoms with Gasteiger partial charge in [-0.3, -0.25) is 9.59 Å². The van der Waals surface area contributed by atoms with Crippen molar-refractivity contribution < 1.29 is 19.1 Å². The van der Waals surface area contributed by atoms with Gasteiger partial charge in [-0.25, -0.2) is 4.79 Å². The average Bonchev–Trinajstić information content (AvgIpc) is 2.90. The summed E-state index contributed by atoms with van der Waals surface area (Å²) in [5.41, 5.74) is 2.40. The Balaban J connectivity index is 2.60. The maximum absolute atomic E-state index is 14.3. The number of anilines is 1. The van der Waals surface area contributed by atoms with Crippen molar-refractivity contribution in [2.24, 2.45) is 0 Å². The van der Waals surface area contributed by atoms with Gasteiger partial charge in [0.15, 0.2) is 0 Å². The minimum Gasteiger partial charge on any atom is -0.444 e. The van der Waals surface area contributed by atoms with E-state index in [4.69, 9.17) is 16.3 Å². The Bertz CT molecular complexity index is 1130. The molecule has 0 saturated carbocycles. The van der Waals surface area contributed by atoms with Crippen LogP contribution in [0.4, 0.5) is 10.5 Å². The standard InChI is InChI=1S/C31H44ClN3O4S/c1-9-21(4)35(29(37)25(18-19-40-8)33-30(38)39-31(5,6)7)27(23-16-14-22(10-2)15-17-23)28(36)34-26-20(3)12-11-13-24(26)32/h11-17,21,25,27H,9-10,18-19H2,1-8H3,(H,33,38)(H,34,36). The first kappa shape index (κ1) is 33.5. The highest BCUT2D eigenvalue weighted by Gasteiger charge is 2.38. The van der Waals surface area contributed by atoms with E-state index in [0.717, 1.165) is 17.5 Å². The van der Waals surface area contributed by atoms with Gasteiger partial charge in [0, 0.05) is 6.04 Å². The summed E-state index contributed by atoms with van der Waals surface area (Å²) < 4.78 is 5.47. The van der Waals surface area contributed by atoms with Crippen LogP contribution >= 0.6 is 23.4 Å². The van der Waals surface area contributed by atoms with E-state index in [1.54, 1.807) is 43.5 Å². The number of benzene rings is 2. The summed E-state index contributed by atoms with van der Waals surface area (Å²) in [6.07, 6.45) is 3.12. The van der Waals surface area contributed by atoms with Crippen molar-refractivity contribution in [2.45, 2.75) is 91.5 Å². The number of halogens is 1. The molecule has 9 heteroatoms. The van der Waals surface area contributed by atoms with E-state index in [1.807, 2.05) is 63.4 Å². The fraction of sp³-hybridized carbons (Fsp3) is 0.516. The van der Waals surface area contributed by atoms with Gasteiger partial charge in [0.2, 0.25) is 5.91 Å². The number of ether oxygens (including phenoxy) is 1. The third kappa shape index (κ3) is 9.44. The molecule has 3 unspecified atom stereocenters. The van der Waals surface area contributed by atoms with Crippen LogP contribution in [-0.4, -0.2) is 52.5 Å². The van der Waals surface area contributed by atoms with Crippen LogP contribution in [0.3, 0.4) is 0 Å². The van der Waals surface area contributed by atoms with Crippen molar-refractivity contribution in [2.75, 3.05) is 17.3 Å². The van der Waals surface area contributed by atoms with Gasteiger partial charge < -0.3 is 20.3 Å². The molecule has 2 N–H and O–H groups in total. The molecule has 0 aliphatic heterocycles. The van der Waals surface area contributed by atoms with E-state index in [9.17, 15) is 14.4 Å². The van der Waals surface area contributed by atoms with Crippen LogP contribution in [0.2, 0.25) is 5.02 Å². The van der Waals surface area contributed by atoms with Crippen LogP contribution < -0.4 is 10.6 Å². The molecular formula is C31H44ClN3O4S. The fourth-order valence-electron chi connectivity index (χ4n) is 4.27. The van der Waals surface area contributed by atoms with Crippen LogP contribution in [-0.2, 0) is 20.7 Å². The summed E-state index contributed by atoms with van der Waals surface area (Å²) in [7, 11) is 0. The summed E-state index contributed by atoms with van der Waals surface area (Å²) in [4.78, 5) is 42.8. The molecule has 0 aromatic heterocycles. The number of thioether (sulfide) groups is 1. The molecule has 220 valence electrons. The molecule has 2 rings (SSSR count). The van der Waals surface area contributed by atoms with Gasteiger partial charge in [-0.1, -0.05) is 61.8 Å². The summed E-state index contributed by atoms with van der Waals surface area (Å²) >= 11 is 8.03. The molecule has 0 fully saturated rings. The summed E-state index contributed by atoms with van der Waals surface area (Å²) in [6, 6.07) is 11.0. The largest absolute Gasteiger partial charge is 0.444 e. The lowest BCUT2D eigenvalue weighted by atomic mass is 9.98. The number of nitrogens with one attached hydrogen (secondary N) is 2. The Labute approximate surface area is 248 Å². The van der Waals surface area contributed by atoms with E-state index in [0.29, 0.717) is 34.9 Å². The maximum atomic E-state index is 14.3. The van der Waals surface area contributed by atoms with Crippen molar-refractivity contribution in [1.82, 2.24) is 10.2 Å². The number of nitrogens with zero attached hydrogens (tertiary/aromatic N) is 1. The number of carbonyl (C=O) groups excluding carboxylic acids is 3. The smallest absolute Gasteiger partial charge is 0.408 e. The summed E-state index contributed by atoms with van der Waals surface area (Å²) in [5.74, 6) is -0.0821. The number of para-hydroxylation sites is 1. The molecule has 0 heterocycles. The normalized spacial score (nSPS) is 13.6. The Kier molecular flexibility index (Phi) is 12.8. The molecule has 0 saturated heterocycles. The van der Waals surface area contributed by atoms with Crippen LogP contribution in [0, 0.1) is 6.92 Å². The minimum absolute atomic E-state index is 0.307. The molecule has 7 nitrogen and oxygen atoms in total. The van der Waals surface area contributed by atoms with Crippen molar-refractivity contribution in [3.8, 4) is 0 Å². The number of aryl methyl sites for hydroxylation is 2. The molecule has 3 atom stereocenters. The predicted octanol–water partition coefficient (Wildman–Crippen LogP) is 7.16. The SMILES string of the molecule is CCc1ccc(C(C(=O)Nc2c(C)cccc2Cl)N(C(=O)C(CCSC)NC(=O)OC(C)(C)C)C(C)CC)cc1. The quantitative estimate of drug-likeness (QED) is 0.274. The maximum Gasteiger partial charge on any atom is 0.408 e. The molecule has 3 amide bonds. The number of alkyl carbamates (subject to hydrolysis) is 1. The molecule has 2 aromatic carbocycles. The second-order valence-corrected chi connectivity index (χ2v) is 12.3. The molecule has 0 spiro atoms. The highest BCUT2D eigenvalue weighted by molar-refractivity contribution is 7.98. The fourth-order valence-corrected chi connectivity index (χ4v) is 5.01. The van der Waals surface area contributed by atoms with Crippen LogP contribution in [0.1, 0.15) is 77.1 Å². The zero-order chi connectivity index (χ0) is 30.0. The van der Waals surface area contributed by atoms with Gasteiger partial charge in [-0.2, -0.15) is 11.8 Å². The summed E-state index contributed by atoms with van der Waals surface area (Å²) in [6.45, 7) is 13.1. The predicted molar refractivity (Wildman–Crippen MR) is 166 cm³/mol. The van der Waals surface area contributed by atoms with Gasteiger partial charge >= 0.3 is 6.09 Å². The van der Waals surface area contributed by atoms with E-state index in [1.165, 1.54) is 0 Å². The molecule has 0 radical (unpaired) electrons. The first-order chi connectivity index (χ1) is 18.8. The van der Waals surface area contributed by atoms with Crippen LogP contribution in [0.5, 0.6) is 0 Å². The van der Waals surface area contributed by atoms with E-state index in [2.05, 4.69) is 17.6 Å². The van der Waals surface area contributed by atoms with Gasteiger partial charge in [-0.05, 0) is 88.6 Å². The van der Waals surface area contributed by atoms with Crippen LogP contribution in [0.15, 0.2) is 42.5 Å². The van der Waals surface area contributed by atoms with Gasteiger partial charge in [0.25, 0.3) is 5.91 Å². The van der Waals surface area contributed by atoms with E-state index < -0.39 is 23.8 Å². The zero-order valence-corrected chi connectivity index (χ0v) is 26.5. The number of rotatable bonds is 12. The van der Waals surface area contributed by atoms with Crippen molar-refractivity contribution in [3.05, 3.63) is 64.2 Å². The first-order valence-electron chi connectivity index (χ1n) is 13.8. The minimum atomic E-state index is -0.957. The van der Waals surface area contributed by atoms with Crippen LogP contribution in [0.25, 0.3) is 0 Å². The average molecular weight is 590 g/mol. The molecule has 0 bridgehead atoms. The zero-order valence-electron chi connectivity index (χ0n) is 25.0. The van der Waals surface area contributed by atoms with Gasteiger partial charge in [-0.15, -0.1) is 0 Å². The lowest BCUT2D eigenvalue weighted by Gasteiger charge is -2.38. The number of hydrogen-bond donors (Lipinski definition) is 2. The Morgan fingerprint density at radius 3 is 2.25 bits per heavy atom. The highest BCUT2D eigenvalue weighted by Crippen LogP contribution is 2.31. The lowest BCUT2D eigenvalue weighted by Crippen LogP contribution is -2.55. The second-order valence-electron chi connectivity index (χ2n) is 10.9. The number of carbonyl (C=O) groups is 3. The first-order valence-corrected chi connectivity index (χ1v) is 15.6. The Hall–Kier alpha value is -2.71. The van der Waals surface area contributed by atoms with Crippen molar-refractivity contribution >= 4 is 47.0 Å². The van der Waals surface area contributed by atoms with Gasteiger partial charge in [0.1, 0.15) is 17.7 Å². The lowest BCUT2D eigenvalue weighted by molar-refractivity contribution is -0.143. The summed E-state index contributed by atoms with van der Waals surface area (Å²) in [5, 5.41) is 6.19. The van der Waals surface area contributed by atoms with Crippen molar-refractivity contribution in [3.63, 3.8) is 0 Å². The van der Waals surface area contributed by atoms with E-state index in [-0.39, 0.29) is 17.9 Å². The molecule has 40 heavy (non-hydrogen) atoms. The Morgan fingerprint density at radius 1 is 1.07 bits per heavy atom. The Morgan fingerprint density at radius 2 is 1.73 bits per heavy atom. The monoisotopic (exact) mass is 589 g/mol. The molecular weight excluding hydrogens is 546 g/mol. The third-order valence-corrected chi connectivity index (χ3v) is 7.58. The topological polar surface area (TPSA) is 87.7 Å². The highest BCUT2D eigenvalue weighted by atomic mass is 35.5. The second kappa shape index (κ2) is 15.3. The van der Waals surface area contributed by atoms with E-state index >= 15 is 0 Å². The number of hydrogen-bond acceptors (Lipinski definition) is 5. The van der Waals surface area contributed by atoms with Gasteiger partial charge in [0.05, 0.1) is 10.7 Å².